The predicted octanol–water partition coefficient (Wildman–Crippen LogP) is 3.63. The van der Waals surface area contributed by atoms with Gasteiger partial charge in [0.15, 0.2) is 0 Å². The van der Waals surface area contributed by atoms with Crippen LogP contribution in [0.5, 0.6) is 0 Å². The van der Waals surface area contributed by atoms with Gasteiger partial charge in [-0.05, 0) is 52.2 Å². The smallest absolute Gasteiger partial charge is 0.424 e. The van der Waals surface area contributed by atoms with Crippen LogP contribution in [0.2, 0.25) is 0 Å². The van der Waals surface area contributed by atoms with Crippen LogP contribution in [0.3, 0.4) is 0 Å². The summed E-state index contributed by atoms with van der Waals surface area (Å²) >= 11 is 0. The molecule has 1 amide bonds. The average molecular weight is 382 g/mol. The fourth-order valence-corrected chi connectivity index (χ4v) is 4.03. The SMILES string of the molecule is CC(C)(C)OC(=O)N(C1C=CCCC1)S(=O)(=O)c1ccc([N+](=O)[O-])cc1. The molecular formula is C17H22N2O6S. The van der Waals surface area contributed by atoms with E-state index < -0.39 is 32.7 Å². The molecule has 1 aliphatic rings. The Labute approximate surface area is 152 Å². The van der Waals surface area contributed by atoms with Crippen molar-refractivity contribution in [2.75, 3.05) is 0 Å². The summed E-state index contributed by atoms with van der Waals surface area (Å²) in [5.41, 5.74) is -1.09. The molecule has 0 spiro atoms. The third kappa shape index (κ3) is 4.60. The molecule has 0 aliphatic heterocycles. The number of hydrogen-bond acceptors (Lipinski definition) is 6. The fraction of sp³-hybridized carbons (Fsp3) is 0.471. The molecule has 8 nitrogen and oxygen atoms in total. The van der Waals surface area contributed by atoms with Gasteiger partial charge in [-0.1, -0.05) is 12.2 Å². The van der Waals surface area contributed by atoms with Gasteiger partial charge in [-0.25, -0.2) is 13.2 Å². The van der Waals surface area contributed by atoms with Gasteiger partial charge in [-0.2, -0.15) is 4.31 Å². The van der Waals surface area contributed by atoms with Gasteiger partial charge in [0.2, 0.25) is 0 Å². The van der Waals surface area contributed by atoms with Crippen LogP contribution in [-0.2, 0) is 14.8 Å². The number of carbonyl (C=O) groups is 1. The van der Waals surface area contributed by atoms with E-state index in [-0.39, 0.29) is 10.6 Å². The van der Waals surface area contributed by atoms with E-state index in [9.17, 15) is 23.3 Å². The lowest BCUT2D eigenvalue weighted by atomic mass is 10.0. The van der Waals surface area contributed by atoms with Crippen molar-refractivity contribution < 1.29 is 22.9 Å². The van der Waals surface area contributed by atoms with Crippen LogP contribution in [0.4, 0.5) is 10.5 Å². The lowest BCUT2D eigenvalue weighted by Gasteiger charge is -2.32. The summed E-state index contributed by atoms with van der Waals surface area (Å²) < 4.78 is 32.1. The van der Waals surface area contributed by atoms with Gasteiger partial charge in [0.1, 0.15) is 5.60 Å². The topological polar surface area (TPSA) is 107 Å². The maximum Gasteiger partial charge on any atom is 0.424 e. The number of carbonyl (C=O) groups excluding carboxylic acids is 1. The molecular weight excluding hydrogens is 360 g/mol. The molecule has 0 radical (unpaired) electrons. The number of hydrogen-bond donors (Lipinski definition) is 0. The summed E-state index contributed by atoms with van der Waals surface area (Å²) in [5.74, 6) is 0. The van der Waals surface area contributed by atoms with Crippen molar-refractivity contribution >= 4 is 21.8 Å². The molecule has 0 bridgehead atoms. The number of nitro groups is 1. The maximum atomic E-state index is 13.1. The zero-order valence-electron chi connectivity index (χ0n) is 14.9. The second-order valence-corrected chi connectivity index (χ2v) is 8.77. The normalized spacial score (nSPS) is 17.6. The highest BCUT2D eigenvalue weighted by Crippen LogP contribution is 2.27. The van der Waals surface area contributed by atoms with Crippen LogP contribution in [-0.4, -0.2) is 35.4 Å². The van der Waals surface area contributed by atoms with E-state index in [1.807, 2.05) is 6.08 Å². The van der Waals surface area contributed by atoms with E-state index >= 15 is 0 Å². The van der Waals surface area contributed by atoms with Gasteiger partial charge in [0.25, 0.3) is 15.7 Å². The molecule has 1 aromatic carbocycles. The molecule has 0 N–H and O–H groups in total. The highest BCUT2D eigenvalue weighted by molar-refractivity contribution is 7.89. The van der Waals surface area contributed by atoms with E-state index in [0.717, 1.165) is 41.4 Å². The van der Waals surface area contributed by atoms with Gasteiger partial charge < -0.3 is 4.74 Å². The largest absolute Gasteiger partial charge is 0.443 e. The Hall–Kier alpha value is -2.42. The number of benzene rings is 1. The van der Waals surface area contributed by atoms with Gasteiger partial charge in [0.05, 0.1) is 15.9 Å². The van der Waals surface area contributed by atoms with Crippen molar-refractivity contribution in [2.24, 2.45) is 0 Å². The number of nitro benzene ring substituents is 1. The number of nitrogens with zero attached hydrogens (tertiary/aromatic N) is 2. The van der Waals surface area contributed by atoms with Gasteiger partial charge in [0, 0.05) is 12.1 Å². The molecule has 0 aromatic heterocycles. The Morgan fingerprint density at radius 3 is 2.35 bits per heavy atom. The first-order chi connectivity index (χ1) is 12.0. The molecule has 1 aromatic rings. The van der Waals surface area contributed by atoms with Crippen molar-refractivity contribution in [2.45, 2.75) is 56.6 Å². The number of ether oxygens (including phenoxy) is 1. The molecule has 0 heterocycles. The lowest BCUT2D eigenvalue weighted by Crippen LogP contribution is -2.46. The highest BCUT2D eigenvalue weighted by Gasteiger charge is 2.38. The minimum Gasteiger partial charge on any atom is -0.443 e. The number of allylic oxidation sites excluding steroid dienone is 1. The average Bonchev–Trinajstić information content (AvgIpc) is 2.54. The second-order valence-electron chi connectivity index (χ2n) is 6.96. The van der Waals surface area contributed by atoms with Gasteiger partial charge in [-0.3, -0.25) is 10.1 Å². The van der Waals surface area contributed by atoms with Crippen LogP contribution < -0.4 is 0 Å². The Kier molecular flexibility index (Phi) is 5.70. The van der Waals surface area contributed by atoms with Crippen molar-refractivity contribution in [1.29, 1.82) is 0 Å². The van der Waals surface area contributed by atoms with Crippen molar-refractivity contribution in [1.82, 2.24) is 4.31 Å². The number of amides is 1. The number of sulfonamides is 1. The summed E-state index contributed by atoms with van der Waals surface area (Å²) in [7, 11) is -4.23. The molecule has 26 heavy (non-hydrogen) atoms. The molecule has 2 rings (SSSR count). The second kappa shape index (κ2) is 7.45. The predicted molar refractivity (Wildman–Crippen MR) is 95.1 cm³/mol. The monoisotopic (exact) mass is 382 g/mol. The zero-order valence-corrected chi connectivity index (χ0v) is 15.7. The van der Waals surface area contributed by atoms with Crippen LogP contribution in [0.25, 0.3) is 0 Å². The molecule has 1 aliphatic carbocycles. The third-order valence-corrected chi connectivity index (χ3v) is 5.51. The van der Waals surface area contributed by atoms with Crippen LogP contribution in [0, 0.1) is 10.1 Å². The number of rotatable bonds is 4. The Bertz CT molecular complexity index is 809. The molecule has 1 unspecified atom stereocenters. The van der Waals surface area contributed by atoms with Crippen molar-refractivity contribution in [3.05, 3.63) is 46.5 Å². The molecule has 0 saturated carbocycles. The van der Waals surface area contributed by atoms with Crippen molar-refractivity contribution in [3.63, 3.8) is 0 Å². The Morgan fingerprint density at radius 2 is 1.88 bits per heavy atom. The quantitative estimate of drug-likeness (QED) is 0.447. The standard InChI is InChI=1S/C17H22N2O6S/c1-17(2,3)25-16(20)18(13-7-5-4-6-8-13)26(23,24)15-11-9-14(10-12-15)19(21)22/h5,7,9-13H,4,6,8H2,1-3H3. The summed E-state index contributed by atoms with van der Waals surface area (Å²) in [4.78, 5) is 22.6. The van der Waals surface area contributed by atoms with E-state index in [0.29, 0.717) is 6.42 Å². The summed E-state index contributed by atoms with van der Waals surface area (Å²) in [6.07, 6.45) is 4.59. The van der Waals surface area contributed by atoms with Gasteiger partial charge >= 0.3 is 6.09 Å². The van der Waals surface area contributed by atoms with E-state index in [2.05, 4.69) is 0 Å². The summed E-state index contributed by atoms with van der Waals surface area (Å²) in [6, 6.07) is 3.78. The van der Waals surface area contributed by atoms with Crippen molar-refractivity contribution in [3.8, 4) is 0 Å². The maximum absolute atomic E-state index is 13.1. The molecule has 0 fully saturated rings. The van der Waals surface area contributed by atoms with Gasteiger partial charge in [-0.15, -0.1) is 0 Å². The minimum absolute atomic E-state index is 0.201. The Morgan fingerprint density at radius 1 is 1.27 bits per heavy atom. The molecule has 9 heteroatoms. The first-order valence-corrected chi connectivity index (χ1v) is 9.65. The Balaban J connectivity index is 2.44. The minimum atomic E-state index is -4.23. The van der Waals surface area contributed by atoms with Crippen LogP contribution in [0.15, 0.2) is 41.3 Å². The van der Waals surface area contributed by atoms with Crippen LogP contribution in [0.1, 0.15) is 40.0 Å². The van der Waals surface area contributed by atoms with Crippen LogP contribution >= 0.6 is 0 Å². The first kappa shape index (κ1) is 19.9. The molecule has 1 atom stereocenters. The van der Waals surface area contributed by atoms with E-state index in [1.54, 1.807) is 26.8 Å². The summed E-state index contributed by atoms with van der Waals surface area (Å²) in [5, 5.41) is 10.8. The highest BCUT2D eigenvalue weighted by atomic mass is 32.2. The summed E-state index contributed by atoms with van der Waals surface area (Å²) in [6.45, 7) is 4.95. The molecule has 142 valence electrons. The number of non-ortho nitro benzene ring substituents is 1. The third-order valence-electron chi connectivity index (χ3n) is 3.71. The molecule has 0 saturated heterocycles. The lowest BCUT2D eigenvalue weighted by molar-refractivity contribution is -0.384. The van der Waals surface area contributed by atoms with E-state index in [1.165, 1.54) is 0 Å². The fourth-order valence-electron chi connectivity index (χ4n) is 2.56. The van der Waals surface area contributed by atoms with E-state index in [4.69, 9.17) is 4.74 Å². The zero-order chi connectivity index (χ0) is 19.5. The first-order valence-electron chi connectivity index (χ1n) is 8.21.